The predicted octanol–water partition coefficient (Wildman–Crippen LogP) is -2.55. The van der Waals surface area contributed by atoms with Crippen LogP contribution < -0.4 is 32.7 Å². The summed E-state index contributed by atoms with van der Waals surface area (Å²) in [6.45, 7) is 2.42. The van der Waals surface area contributed by atoms with E-state index in [0.717, 1.165) is 32.1 Å². The summed E-state index contributed by atoms with van der Waals surface area (Å²) in [6.07, 6.45) is 1.71. The van der Waals surface area contributed by atoms with Crippen molar-refractivity contribution in [2.45, 2.75) is 108 Å². The highest BCUT2D eigenvalue weighted by Crippen LogP contribution is 2.27. The number of rotatable bonds is 17. The average molecular weight is 587 g/mol. The van der Waals surface area contributed by atoms with Gasteiger partial charge in [-0.3, -0.25) is 33.6 Å². The first-order valence-corrected chi connectivity index (χ1v) is 13.5. The van der Waals surface area contributed by atoms with Crippen LogP contribution in [-0.4, -0.2) is 93.1 Å². The summed E-state index contributed by atoms with van der Waals surface area (Å²) in [5.74, 6) is -7.06. The smallest absolute Gasteiger partial charge is 0.325 e. The molecule has 0 aromatic heterocycles. The Hall–Kier alpha value is -3.79. The summed E-state index contributed by atoms with van der Waals surface area (Å²) in [4.78, 5) is 85.0. The van der Waals surface area contributed by atoms with E-state index in [-0.39, 0.29) is 18.8 Å². The van der Waals surface area contributed by atoms with Gasteiger partial charge in [-0.2, -0.15) is 0 Å². The quantitative estimate of drug-likeness (QED) is 0.0855. The van der Waals surface area contributed by atoms with Crippen molar-refractivity contribution in [3.05, 3.63) is 0 Å². The zero-order chi connectivity index (χ0) is 31.3. The summed E-state index contributed by atoms with van der Waals surface area (Å²) < 4.78 is 0. The van der Waals surface area contributed by atoms with Crippen molar-refractivity contribution < 1.29 is 48.9 Å². The normalized spacial score (nSPS) is 18.0. The number of carboxylic acid groups (broad SMARTS) is 2. The van der Waals surface area contributed by atoms with Gasteiger partial charge < -0.3 is 48.1 Å². The van der Waals surface area contributed by atoms with Gasteiger partial charge in [-0.1, -0.05) is 32.1 Å². The van der Waals surface area contributed by atoms with Crippen molar-refractivity contribution in [3.63, 3.8) is 0 Å². The Morgan fingerprint density at radius 1 is 0.805 bits per heavy atom. The van der Waals surface area contributed by atoms with Crippen molar-refractivity contribution in [1.82, 2.24) is 21.3 Å². The van der Waals surface area contributed by atoms with Crippen molar-refractivity contribution in [2.24, 2.45) is 17.4 Å². The van der Waals surface area contributed by atoms with Crippen LogP contribution in [0.2, 0.25) is 0 Å². The van der Waals surface area contributed by atoms with E-state index in [0.29, 0.717) is 0 Å². The Balaban J connectivity index is 3.16. The summed E-state index contributed by atoms with van der Waals surface area (Å²) >= 11 is 0. The molecule has 0 aromatic rings. The molecule has 16 nitrogen and oxygen atoms in total. The Kier molecular flexibility index (Phi) is 14.7. The third-order valence-electron chi connectivity index (χ3n) is 6.76. The molecule has 11 N–H and O–H groups in total. The van der Waals surface area contributed by atoms with Crippen LogP contribution in [0.25, 0.3) is 0 Å². The first-order chi connectivity index (χ1) is 19.1. The molecule has 1 saturated carbocycles. The van der Waals surface area contributed by atoms with Crippen LogP contribution in [0.5, 0.6) is 0 Å². The molecule has 0 bridgehead atoms. The lowest BCUT2D eigenvalue weighted by atomic mass is 9.84. The lowest BCUT2D eigenvalue weighted by molar-refractivity contribution is -0.142. The van der Waals surface area contributed by atoms with E-state index >= 15 is 0 Å². The van der Waals surface area contributed by atoms with Gasteiger partial charge in [0.25, 0.3) is 0 Å². The van der Waals surface area contributed by atoms with Crippen LogP contribution in [0.4, 0.5) is 0 Å². The topological polar surface area (TPSA) is 280 Å². The lowest BCUT2D eigenvalue weighted by Gasteiger charge is -2.30. The van der Waals surface area contributed by atoms with Crippen molar-refractivity contribution in [1.29, 1.82) is 0 Å². The molecular weight excluding hydrogens is 544 g/mol. The molecule has 0 aliphatic heterocycles. The number of primary amides is 1. The molecule has 5 amide bonds. The fourth-order valence-electron chi connectivity index (χ4n) is 4.41. The maximum atomic E-state index is 13.3. The molecular formula is C25H42N6O10. The summed E-state index contributed by atoms with van der Waals surface area (Å²) in [5, 5.41) is 37.6. The largest absolute Gasteiger partial charge is 0.481 e. The van der Waals surface area contributed by atoms with Gasteiger partial charge in [0.15, 0.2) is 0 Å². The molecule has 1 aliphatic rings. The lowest BCUT2D eigenvalue weighted by Crippen LogP contribution is -2.60. The van der Waals surface area contributed by atoms with E-state index in [1.807, 2.05) is 0 Å². The first-order valence-electron chi connectivity index (χ1n) is 13.5. The summed E-state index contributed by atoms with van der Waals surface area (Å²) in [6, 6.07) is -6.94. The second-order valence-corrected chi connectivity index (χ2v) is 10.4. The van der Waals surface area contributed by atoms with Gasteiger partial charge in [0.2, 0.25) is 29.5 Å². The molecule has 41 heavy (non-hydrogen) atoms. The number of amides is 5. The molecule has 232 valence electrons. The monoisotopic (exact) mass is 586 g/mol. The Morgan fingerprint density at radius 3 is 1.88 bits per heavy atom. The number of aliphatic hydroxyl groups is 1. The molecule has 0 heterocycles. The second kappa shape index (κ2) is 17.1. The average Bonchev–Trinajstić information content (AvgIpc) is 2.88. The van der Waals surface area contributed by atoms with E-state index in [1.54, 1.807) is 0 Å². The van der Waals surface area contributed by atoms with E-state index < -0.39 is 90.6 Å². The highest BCUT2D eigenvalue weighted by Gasteiger charge is 2.34. The number of carboxylic acids is 2. The number of hydrogen-bond acceptors (Lipinski definition) is 9. The van der Waals surface area contributed by atoms with Crippen LogP contribution in [0, 0.1) is 5.92 Å². The first kappa shape index (κ1) is 35.2. The van der Waals surface area contributed by atoms with Gasteiger partial charge in [0.1, 0.15) is 24.2 Å². The maximum absolute atomic E-state index is 13.3. The maximum Gasteiger partial charge on any atom is 0.325 e. The molecule has 6 atom stereocenters. The van der Waals surface area contributed by atoms with Gasteiger partial charge in [-0.25, -0.2) is 0 Å². The Labute approximate surface area is 237 Å². The van der Waals surface area contributed by atoms with Crippen molar-refractivity contribution in [3.8, 4) is 0 Å². The van der Waals surface area contributed by atoms with Gasteiger partial charge in [0, 0.05) is 6.42 Å². The van der Waals surface area contributed by atoms with Crippen LogP contribution in [-0.2, 0) is 33.6 Å². The van der Waals surface area contributed by atoms with E-state index in [1.165, 1.54) is 13.8 Å². The minimum absolute atomic E-state index is 0.0294. The standard InChI is InChI=1S/C25H42N6O10/c1-12(25(40)41)28-24(39)20(13(2)32)31-23(38)17(10-14-6-4-3-5-7-14)30-22(37)16(8-9-19(34)35)29-21(36)15(26)11-18(27)33/h12-17,20,32H,3-11,26H2,1-2H3,(H2,27,33)(H,28,39)(H,29,36)(H,30,37)(H,31,38)(H,34,35)(H,40,41)/t12-,13+,15-,16-,17-,20-/m0/s1. The molecule has 1 rings (SSSR count). The number of hydrogen-bond donors (Lipinski definition) is 9. The fourth-order valence-corrected chi connectivity index (χ4v) is 4.41. The minimum Gasteiger partial charge on any atom is -0.481 e. The zero-order valence-electron chi connectivity index (χ0n) is 23.3. The highest BCUT2D eigenvalue weighted by molar-refractivity contribution is 5.96. The Morgan fingerprint density at radius 2 is 1.37 bits per heavy atom. The SMILES string of the molecule is C[C@H](NC(=O)[C@@H](NC(=O)[C@H](CC1CCCCC1)NC(=O)[C@H](CCC(=O)O)NC(=O)[C@@H](N)CC(N)=O)[C@@H](C)O)C(=O)O. The van der Waals surface area contributed by atoms with Crippen LogP contribution in [0.1, 0.15) is 71.6 Å². The number of aliphatic hydroxyl groups excluding tert-OH is 1. The molecule has 16 heteroatoms. The highest BCUT2D eigenvalue weighted by atomic mass is 16.4. The zero-order valence-corrected chi connectivity index (χ0v) is 23.3. The summed E-state index contributed by atoms with van der Waals surface area (Å²) in [7, 11) is 0. The predicted molar refractivity (Wildman–Crippen MR) is 143 cm³/mol. The molecule has 1 aliphatic carbocycles. The van der Waals surface area contributed by atoms with Crippen molar-refractivity contribution >= 4 is 41.5 Å². The minimum atomic E-state index is -1.55. The van der Waals surface area contributed by atoms with Gasteiger partial charge in [0.05, 0.1) is 18.6 Å². The molecule has 0 spiro atoms. The number of aliphatic carboxylic acids is 2. The van der Waals surface area contributed by atoms with Crippen LogP contribution in [0.3, 0.4) is 0 Å². The third kappa shape index (κ3) is 12.9. The molecule has 0 radical (unpaired) electrons. The second-order valence-electron chi connectivity index (χ2n) is 10.4. The van der Waals surface area contributed by atoms with E-state index in [9.17, 15) is 38.7 Å². The number of nitrogens with two attached hydrogens (primary N) is 2. The van der Waals surface area contributed by atoms with Crippen molar-refractivity contribution in [2.75, 3.05) is 0 Å². The fraction of sp³-hybridized carbons (Fsp3) is 0.720. The number of nitrogens with one attached hydrogen (secondary N) is 4. The third-order valence-corrected chi connectivity index (χ3v) is 6.76. The van der Waals surface area contributed by atoms with Crippen LogP contribution >= 0.6 is 0 Å². The van der Waals surface area contributed by atoms with Crippen LogP contribution in [0.15, 0.2) is 0 Å². The van der Waals surface area contributed by atoms with Gasteiger partial charge in [-0.05, 0) is 32.6 Å². The Bertz CT molecular complexity index is 969. The number of carbonyl (C=O) groups is 7. The molecule has 1 fully saturated rings. The number of carbonyl (C=O) groups excluding carboxylic acids is 5. The molecule has 0 aromatic carbocycles. The van der Waals surface area contributed by atoms with E-state index in [4.69, 9.17) is 21.7 Å². The molecule has 0 unspecified atom stereocenters. The van der Waals surface area contributed by atoms with E-state index in [2.05, 4.69) is 21.3 Å². The molecule has 0 saturated heterocycles. The van der Waals surface area contributed by atoms with Gasteiger partial charge >= 0.3 is 11.9 Å². The van der Waals surface area contributed by atoms with Gasteiger partial charge in [-0.15, -0.1) is 0 Å². The summed E-state index contributed by atoms with van der Waals surface area (Å²) in [5.41, 5.74) is 10.7.